The largest absolute Gasteiger partial charge is 0.497 e. The van der Waals surface area contributed by atoms with Crippen molar-refractivity contribution in [2.75, 3.05) is 39.6 Å². The number of anilines is 1. The van der Waals surface area contributed by atoms with Crippen molar-refractivity contribution in [3.05, 3.63) is 23.8 Å². The van der Waals surface area contributed by atoms with Crippen LogP contribution >= 0.6 is 0 Å². The molecule has 4 heteroatoms. The normalized spacial score (nSPS) is 19.6. The summed E-state index contributed by atoms with van der Waals surface area (Å²) in [6.07, 6.45) is 2.45. The van der Waals surface area contributed by atoms with Crippen LogP contribution in [0.1, 0.15) is 18.4 Å². The van der Waals surface area contributed by atoms with Gasteiger partial charge in [-0.05, 0) is 37.4 Å². The van der Waals surface area contributed by atoms with Gasteiger partial charge in [0.05, 0.1) is 13.7 Å². The summed E-state index contributed by atoms with van der Waals surface area (Å²) in [5.41, 5.74) is 8.00. The number of rotatable bonds is 5. The van der Waals surface area contributed by atoms with Crippen LogP contribution in [0.4, 0.5) is 5.69 Å². The van der Waals surface area contributed by atoms with Gasteiger partial charge in [-0.15, -0.1) is 0 Å². The van der Waals surface area contributed by atoms with Crippen molar-refractivity contribution in [3.8, 4) is 5.75 Å². The molecule has 2 rings (SSSR count). The third-order valence-electron chi connectivity index (χ3n) is 3.62. The highest BCUT2D eigenvalue weighted by Crippen LogP contribution is 2.22. The van der Waals surface area contributed by atoms with Crippen LogP contribution in [-0.4, -0.2) is 38.8 Å². The summed E-state index contributed by atoms with van der Waals surface area (Å²) in [6, 6.07) is 5.89. The molecular weight excluding hydrogens is 240 g/mol. The predicted molar refractivity (Wildman–Crippen MR) is 77.3 cm³/mol. The number of benzene rings is 1. The van der Waals surface area contributed by atoms with Gasteiger partial charge in [0.15, 0.2) is 0 Å². The van der Waals surface area contributed by atoms with Gasteiger partial charge in [-0.25, -0.2) is 0 Å². The molecule has 0 radical (unpaired) electrons. The van der Waals surface area contributed by atoms with Crippen molar-refractivity contribution in [1.29, 1.82) is 0 Å². The van der Waals surface area contributed by atoms with Crippen LogP contribution < -0.4 is 10.5 Å². The van der Waals surface area contributed by atoms with Crippen molar-refractivity contribution in [3.63, 3.8) is 0 Å². The van der Waals surface area contributed by atoms with Crippen LogP contribution in [-0.2, 0) is 11.3 Å². The zero-order chi connectivity index (χ0) is 13.7. The smallest absolute Gasteiger partial charge is 0.120 e. The first-order valence-corrected chi connectivity index (χ1v) is 6.87. The maximum absolute atomic E-state index is 6.05. The third kappa shape index (κ3) is 4.11. The number of hydrogen-bond acceptors (Lipinski definition) is 4. The summed E-state index contributed by atoms with van der Waals surface area (Å²) < 4.78 is 10.7. The molecule has 0 aromatic heterocycles. The first kappa shape index (κ1) is 14.2. The van der Waals surface area contributed by atoms with Crippen LogP contribution in [0.2, 0.25) is 0 Å². The minimum absolute atomic E-state index is 0.651. The highest BCUT2D eigenvalue weighted by Gasteiger charge is 2.16. The standard InChI is InChI=1S/C15H24N2O2/c1-17(9-12-4-3-7-19-11-12)10-13-5-6-14(18-2)8-15(13)16/h5-6,8,12H,3-4,7,9-11,16H2,1-2H3. The maximum Gasteiger partial charge on any atom is 0.120 e. The summed E-state index contributed by atoms with van der Waals surface area (Å²) in [6.45, 7) is 3.74. The van der Waals surface area contributed by atoms with Gasteiger partial charge in [-0.2, -0.15) is 0 Å². The van der Waals surface area contributed by atoms with Crippen LogP contribution in [0.15, 0.2) is 18.2 Å². The van der Waals surface area contributed by atoms with Gasteiger partial charge in [0.25, 0.3) is 0 Å². The number of nitrogens with zero attached hydrogens (tertiary/aromatic N) is 1. The van der Waals surface area contributed by atoms with Crippen molar-refractivity contribution in [2.24, 2.45) is 5.92 Å². The quantitative estimate of drug-likeness (QED) is 0.828. The van der Waals surface area contributed by atoms with E-state index in [0.717, 1.165) is 43.3 Å². The Morgan fingerprint density at radius 1 is 1.47 bits per heavy atom. The molecule has 4 nitrogen and oxygen atoms in total. The van der Waals surface area contributed by atoms with Gasteiger partial charge < -0.3 is 20.1 Å². The van der Waals surface area contributed by atoms with Crippen molar-refractivity contribution in [2.45, 2.75) is 19.4 Å². The molecule has 1 atom stereocenters. The molecule has 1 aromatic rings. The lowest BCUT2D eigenvalue weighted by Gasteiger charge is -2.27. The van der Waals surface area contributed by atoms with E-state index in [9.17, 15) is 0 Å². The first-order valence-electron chi connectivity index (χ1n) is 6.87. The molecule has 0 spiro atoms. The number of hydrogen-bond donors (Lipinski definition) is 1. The fraction of sp³-hybridized carbons (Fsp3) is 0.600. The molecule has 106 valence electrons. The summed E-state index contributed by atoms with van der Waals surface area (Å²) in [7, 11) is 3.79. The second kappa shape index (κ2) is 6.78. The SMILES string of the molecule is COc1ccc(CN(C)CC2CCCOC2)c(N)c1. The van der Waals surface area contributed by atoms with E-state index in [0.29, 0.717) is 5.92 Å². The Labute approximate surface area is 115 Å². The van der Waals surface area contributed by atoms with Crippen molar-refractivity contribution >= 4 is 5.69 Å². The van der Waals surface area contributed by atoms with Crippen LogP contribution in [0.3, 0.4) is 0 Å². The molecule has 1 saturated heterocycles. The monoisotopic (exact) mass is 264 g/mol. The van der Waals surface area contributed by atoms with Gasteiger partial charge >= 0.3 is 0 Å². The van der Waals surface area contributed by atoms with Crippen LogP contribution in [0, 0.1) is 5.92 Å². The van der Waals surface area contributed by atoms with Gasteiger partial charge in [-0.1, -0.05) is 6.07 Å². The number of nitrogen functional groups attached to an aromatic ring is 1. The van der Waals surface area contributed by atoms with E-state index in [1.165, 1.54) is 12.8 Å². The van der Waals surface area contributed by atoms with E-state index in [2.05, 4.69) is 11.9 Å². The van der Waals surface area contributed by atoms with Gasteiger partial charge in [0.1, 0.15) is 5.75 Å². The average Bonchev–Trinajstić information content (AvgIpc) is 2.42. The molecule has 1 aliphatic rings. The fourth-order valence-corrected chi connectivity index (χ4v) is 2.59. The molecule has 1 heterocycles. The summed E-state index contributed by atoms with van der Waals surface area (Å²) in [5.74, 6) is 1.46. The maximum atomic E-state index is 6.05. The van der Waals surface area contributed by atoms with Gasteiger partial charge in [-0.3, -0.25) is 0 Å². The Balaban J connectivity index is 1.88. The molecule has 0 bridgehead atoms. The van der Waals surface area contributed by atoms with E-state index >= 15 is 0 Å². The van der Waals surface area contributed by atoms with E-state index in [1.807, 2.05) is 18.2 Å². The topological polar surface area (TPSA) is 47.7 Å². The zero-order valence-corrected chi connectivity index (χ0v) is 11.9. The highest BCUT2D eigenvalue weighted by molar-refractivity contribution is 5.51. The Morgan fingerprint density at radius 2 is 2.32 bits per heavy atom. The minimum atomic E-state index is 0.651. The van der Waals surface area contributed by atoms with E-state index in [-0.39, 0.29) is 0 Å². The molecular formula is C15H24N2O2. The molecule has 1 unspecified atom stereocenters. The summed E-state index contributed by atoms with van der Waals surface area (Å²) in [4.78, 5) is 2.32. The lowest BCUT2D eigenvalue weighted by atomic mass is 10.0. The molecule has 0 aliphatic carbocycles. The number of methoxy groups -OCH3 is 1. The molecule has 19 heavy (non-hydrogen) atoms. The Bertz CT molecular complexity index is 403. The van der Waals surface area contributed by atoms with E-state index < -0.39 is 0 Å². The molecule has 1 aromatic carbocycles. The lowest BCUT2D eigenvalue weighted by molar-refractivity contribution is 0.0412. The number of nitrogens with two attached hydrogens (primary N) is 1. The molecule has 1 aliphatic heterocycles. The summed E-state index contributed by atoms with van der Waals surface area (Å²) in [5, 5.41) is 0. The van der Waals surface area contributed by atoms with Crippen LogP contribution in [0.25, 0.3) is 0 Å². The predicted octanol–water partition coefficient (Wildman–Crippen LogP) is 2.14. The highest BCUT2D eigenvalue weighted by atomic mass is 16.5. The second-order valence-corrected chi connectivity index (χ2v) is 5.34. The van der Waals surface area contributed by atoms with Crippen molar-refractivity contribution < 1.29 is 9.47 Å². The second-order valence-electron chi connectivity index (χ2n) is 5.34. The zero-order valence-electron chi connectivity index (χ0n) is 11.9. The lowest BCUT2D eigenvalue weighted by Crippen LogP contribution is -2.30. The molecule has 0 amide bonds. The molecule has 2 N–H and O–H groups in total. The minimum Gasteiger partial charge on any atom is -0.497 e. The fourth-order valence-electron chi connectivity index (χ4n) is 2.59. The third-order valence-corrected chi connectivity index (χ3v) is 3.62. The van der Waals surface area contributed by atoms with E-state index in [1.54, 1.807) is 7.11 Å². The van der Waals surface area contributed by atoms with Crippen molar-refractivity contribution in [1.82, 2.24) is 4.90 Å². The molecule has 1 fully saturated rings. The van der Waals surface area contributed by atoms with E-state index in [4.69, 9.17) is 15.2 Å². The Morgan fingerprint density at radius 3 is 2.95 bits per heavy atom. The Kier molecular flexibility index (Phi) is 5.05. The Hall–Kier alpha value is -1.26. The average molecular weight is 264 g/mol. The van der Waals surface area contributed by atoms with Gasteiger partial charge in [0.2, 0.25) is 0 Å². The molecule has 0 saturated carbocycles. The van der Waals surface area contributed by atoms with Gasteiger partial charge in [0, 0.05) is 31.5 Å². The van der Waals surface area contributed by atoms with Crippen LogP contribution in [0.5, 0.6) is 5.75 Å². The first-order chi connectivity index (χ1) is 9.19. The number of ether oxygens (including phenoxy) is 2. The summed E-state index contributed by atoms with van der Waals surface area (Å²) >= 11 is 0.